The van der Waals surface area contributed by atoms with Gasteiger partial charge in [-0.05, 0) is 80.6 Å². The maximum atomic E-state index is 12.7. The Labute approximate surface area is 175 Å². The van der Waals surface area contributed by atoms with E-state index >= 15 is 0 Å². The fraction of sp³-hybridized carbons (Fsp3) is 0.652. The van der Waals surface area contributed by atoms with Gasteiger partial charge < -0.3 is 5.32 Å². The highest BCUT2D eigenvalue weighted by Crippen LogP contribution is 2.61. The van der Waals surface area contributed by atoms with Crippen LogP contribution < -0.4 is 16.6 Å². The first-order valence-electron chi connectivity index (χ1n) is 11.4. The second kappa shape index (κ2) is 7.36. The summed E-state index contributed by atoms with van der Waals surface area (Å²) in [7, 11) is 0. The molecule has 0 radical (unpaired) electrons. The normalized spacial score (nSPS) is 29.4. The number of carbonyl (C=O) groups excluding carboxylic acids is 1. The zero-order valence-corrected chi connectivity index (χ0v) is 17.6. The first kappa shape index (κ1) is 19.5. The van der Waals surface area contributed by atoms with Crippen molar-refractivity contribution in [3.05, 3.63) is 38.7 Å². The molecule has 0 atom stereocenters. The predicted molar refractivity (Wildman–Crippen MR) is 114 cm³/mol. The van der Waals surface area contributed by atoms with E-state index in [1.165, 1.54) is 49.3 Å². The molecule has 6 rings (SSSR count). The van der Waals surface area contributed by atoms with Gasteiger partial charge in [0.15, 0.2) is 0 Å². The maximum absolute atomic E-state index is 12.7. The molecular weight excluding hydrogens is 380 g/mol. The average Bonchev–Trinajstić information content (AvgIpc) is 2.69. The van der Waals surface area contributed by atoms with Crippen molar-refractivity contribution in [3.8, 4) is 0 Å². The highest BCUT2D eigenvalue weighted by atomic mass is 16.2. The van der Waals surface area contributed by atoms with Gasteiger partial charge in [0.25, 0.3) is 11.5 Å². The van der Waals surface area contributed by atoms with Gasteiger partial charge in [0, 0.05) is 19.3 Å². The highest BCUT2D eigenvalue weighted by Gasteiger charge is 2.50. The van der Waals surface area contributed by atoms with E-state index in [1.807, 2.05) is 6.92 Å². The van der Waals surface area contributed by atoms with Gasteiger partial charge in [-0.2, -0.15) is 0 Å². The third-order valence-corrected chi connectivity index (χ3v) is 7.65. The summed E-state index contributed by atoms with van der Waals surface area (Å²) >= 11 is 0. The molecular formula is C23H30N4O3. The molecule has 2 aromatic heterocycles. The van der Waals surface area contributed by atoms with E-state index < -0.39 is 11.2 Å². The molecule has 4 saturated carbocycles. The number of amides is 1. The number of nitrogens with zero attached hydrogens (tertiary/aromatic N) is 2. The van der Waals surface area contributed by atoms with Crippen molar-refractivity contribution in [2.24, 2.45) is 23.2 Å². The molecule has 7 heteroatoms. The standard InChI is InChI=1S/C23H30N4O3/c1-2-5-27-19-18(21(29)26-22(27)30)9-17(13-25-19)20(28)24-4-3-23-10-14-6-15(11-23)8-16(7-14)12-23/h9,13-16H,2-8,10-12H2,1H3,(H,24,28)(H,26,29,30). The molecule has 1 amide bonds. The van der Waals surface area contributed by atoms with Crippen LogP contribution in [0.4, 0.5) is 0 Å². The van der Waals surface area contributed by atoms with E-state index in [2.05, 4.69) is 15.3 Å². The molecule has 2 aromatic rings. The smallest absolute Gasteiger partial charge is 0.329 e. The van der Waals surface area contributed by atoms with Crippen LogP contribution in [-0.2, 0) is 6.54 Å². The summed E-state index contributed by atoms with van der Waals surface area (Å²) in [6.45, 7) is 3.08. The summed E-state index contributed by atoms with van der Waals surface area (Å²) in [6, 6.07) is 1.55. The number of fused-ring (bicyclic) bond motifs is 1. The van der Waals surface area contributed by atoms with Crippen molar-refractivity contribution in [2.45, 2.75) is 64.8 Å². The number of carbonyl (C=O) groups is 1. The first-order valence-corrected chi connectivity index (χ1v) is 11.4. The minimum absolute atomic E-state index is 0.207. The monoisotopic (exact) mass is 410 g/mol. The lowest BCUT2D eigenvalue weighted by molar-refractivity contribution is -0.0564. The number of hydrogen-bond acceptors (Lipinski definition) is 4. The molecule has 160 valence electrons. The number of rotatable bonds is 6. The minimum Gasteiger partial charge on any atom is -0.352 e. The van der Waals surface area contributed by atoms with Crippen LogP contribution in [0.5, 0.6) is 0 Å². The topological polar surface area (TPSA) is 96.9 Å². The SMILES string of the molecule is CCCn1c(=O)[nH]c(=O)c2cc(C(=O)NCCC34CC5CC(CC(C5)C3)C4)cnc21. The summed E-state index contributed by atoms with van der Waals surface area (Å²) in [5.41, 5.74) is 0.153. The number of H-pyrrole nitrogens is 1. The van der Waals surface area contributed by atoms with E-state index in [0.717, 1.165) is 30.6 Å². The highest BCUT2D eigenvalue weighted by molar-refractivity contribution is 5.96. The minimum atomic E-state index is -0.502. The fourth-order valence-corrected chi connectivity index (χ4v) is 6.86. The molecule has 30 heavy (non-hydrogen) atoms. The second-order valence-electron chi connectivity index (χ2n) is 9.93. The third kappa shape index (κ3) is 3.38. The van der Waals surface area contributed by atoms with Crippen molar-refractivity contribution in [3.63, 3.8) is 0 Å². The second-order valence-corrected chi connectivity index (χ2v) is 9.93. The Balaban J connectivity index is 1.30. The number of nitrogens with one attached hydrogen (secondary N) is 2. The van der Waals surface area contributed by atoms with Crippen LogP contribution in [0.25, 0.3) is 11.0 Å². The summed E-state index contributed by atoms with van der Waals surface area (Å²) in [4.78, 5) is 43.7. The zero-order chi connectivity index (χ0) is 20.9. The molecule has 0 aliphatic heterocycles. The Hall–Kier alpha value is -2.44. The van der Waals surface area contributed by atoms with Crippen LogP contribution in [0, 0.1) is 23.2 Å². The summed E-state index contributed by atoms with van der Waals surface area (Å²) in [5, 5.41) is 3.32. The van der Waals surface area contributed by atoms with E-state index in [4.69, 9.17) is 0 Å². The van der Waals surface area contributed by atoms with Gasteiger partial charge in [-0.1, -0.05) is 6.92 Å². The molecule has 4 aliphatic carbocycles. The number of pyridine rings is 1. The molecule has 2 N–H and O–H groups in total. The van der Waals surface area contributed by atoms with Crippen molar-refractivity contribution >= 4 is 16.9 Å². The van der Waals surface area contributed by atoms with Crippen LogP contribution in [0.3, 0.4) is 0 Å². The van der Waals surface area contributed by atoms with E-state index in [0.29, 0.717) is 29.7 Å². The summed E-state index contributed by atoms with van der Waals surface area (Å²) in [5.74, 6) is 2.51. The Morgan fingerprint density at radius 1 is 1.20 bits per heavy atom. The predicted octanol–water partition coefficient (Wildman–Crippen LogP) is 2.83. The Bertz CT molecular complexity index is 1060. The summed E-state index contributed by atoms with van der Waals surface area (Å²) < 4.78 is 1.45. The lowest BCUT2D eigenvalue weighted by atomic mass is 9.49. The van der Waals surface area contributed by atoms with Crippen molar-refractivity contribution in [1.82, 2.24) is 19.9 Å². The molecule has 2 heterocycles. The quantitative estimate of drug-likeness (QED) is 0.765. The molecule has 4 bridgehead atoms. The summed E-state index contributed by atoms with van der Waals surface area (Å²) in [6.07, 6.45) is 11.5. The number of hydrogen-bond donors (Lipinski definition) is 2. The third-order valence-electron chi connectivity index (χ3n) is 7.65. The molecule has 0 unspecified atom stereocenters. The van der Waals surface area contributed by atoms with Crippen LogP contribution in [0.2, 0.25) is 0 Å². The van der Waals surface area contributed by atoms with Crippen LogP contribution >= 0.6 is 0 Å². The Morgan fingerprint density at radius 3 is 2.50 bits per heavy atom. The molecule has 4 fully saturated rings. The van der Waals surface area contributed by atoms with Gasteiger partial charge in [-0.3, -0.25) is 19.1 Å². The van der Waals surface area contributed by atoms with E-state index in [1.54, 1.807) is 6.07 Å². The first-order chi connectivity index (χ1) is 14.5. The Kier molecular flexibility index (Phi) is 4.79. The fourth-order valence-electron chi connectivity index (χ4n) is 6.86. The number of aryl methyl sites for hydroxylation is 1. The largest absolute Gasteiger partial charge is 0.352 e. The van der Waals surface area contributed by atoms with Gasteiger partial charge in [-0.15, -0.1) is 0 Å². The molecule has 4 aliphatic rings. The van der Waals surface area contributed by atoms with Gasteiger partial charge in [0.1, 0.15) is 5.65 Å². The molecule has 0 aromatic carbocycles. The lowest BCUT2D eigenvalue weighted by Crippen LogP contribution is -2.47. The van der Waals surface area contributed by atoms with E-state index in [-0.39, 0.29) is 11.3 Å². The van der Waals surface area contributed by atoms with Gasteiger partial charge in [0.05, 0.1) is 10.9 Å². The van der Waals surface area contributed by atoms with Gasteiger partial charge in [0.2, 0.25) is 0 Å². The average molecular weight is 411 g/mol. The van der Waals surface area contributed by atoms with Crippen molar-refractivity contribution in [1.29, 1.82) is 0 Å². The number of aromatic amines is 1. The Morgan fingerprint density at radius 2 is 1.87 bits per heavy atom. The van der Waals surface area contributed by atoms with E-state index in [9.17, 15) is 14.4 Å². The molecule has 7 nitrogen and oxygen atoms in total. The lowest BCUT2D eigenvalue weighted by Gasteiger charge is -2.57. The number of aromatic nitrogens is 3. The van der Waals surface area contributed by atoms with Gasteiger partial charge >= 0.3 is 5.69 Å². The molecule has 0 spiro atoms. The van der Waals surface area contributed by atoms with Crippen LogP contribution in [-0.4, -0.2) is 27.0 Å². The zero-order valence-electron chi connectivity index (χ0n) is 17.6. The van der Waals surface area contributed by atoms with Crippen molar-refractivity contribution in [2.75, 3.05) is 6.54 Å². The van der Waals surface area contributed by atoms with Crippen LogP contribution in [0.15, 0.2) is 21.9 Å². The van der Waals surface area contributed by atoms with Crippen LogP contribution in [0.1, 0.15) is 68.6 Å². The van der Waals surface area contributed by atoms with Gasteiger partial charge in [-0.25, -0.2) is 9.78 Å². The maximum Gasteiger partial charge on any atom is 0.329 e. The van der Waals surface area contributed by atoms with Crippen molar-refractivity contribution < 1.29 is 4.79 Å². The molecule has 0 saturated heterocycles.